The Bertz CT molecular complexity index is 123. The molecule has 1 aliphatic carbocycles. The van der Waals surface area contributed by atoms with Crippen molar-refractivity contribution < 1.29 is 10.2 Å². The van der Waals surface area contributed by atoms with E-state index in [0.717, 1.165) is 12.8 Å². The van der Waals surface area contributed by atoms with Crippen LogP contribution in [0.25, 0.3) is 0 Å². The lowest BCUT2D eigenvalue weighted by atomic mass is 9.92. The van der Waals surface area contributed by atoms with Crippen molar-refractivity contribution >= 4 is 0 Å². The van der Waals surface area contributed by atoms with Gasteiger partial charge in [0.2, 0.25) is 0 Å². The summed E-state index contributed by atoms with van der Waals surface area (Å²) in [5.74, 6) is 1.30. The van der Waals surface area contributed by atoms with E-state index in [4.69, 9.17) is 5.11 Å². The Balaban J connectivity index is 2.45. The summed E-state index contributed by atoms with van der Waals surface area (Å²) in [6.07, 6.45) is 1.61. The maximum Gasteiger partial charge on any atom is 0.0574 e. The highest BCUT2D eigenvalue weighted by molar-refractivity contribution is 4.84. The van der Waals surface area contributed by atoms with Crippen LogP contribution in [0.1, 0.15) is 26.7 Å². The van der Waals surface area contributed by atoms with Crippen LogP contribution in [-0.4, -0.2) is 22.9 Å². The molecular formula is C9H18O2. The summed E-state index contributed by atoms with van der Waals surface area (Å²) in [6.45, 7) is 4.50. The van der Waals surface area contributed by atoms with Crippen LogP contribution in [0.3, 0.4) is 0 Å². The highest BCUT2D eigenvalue weighted by Gasteiger charge is 2.33. The minimum atomic E-state index is -0.174. The van der Waals surface area contributed by atoms with Gasteiger partial charge in [-0.25, -0.2) is 0 Å². The zero-order chi connectivity index (χ0) is 8.43. The maximum absolute atomic E-state index is 9.55. The van der Waals surface area contributed by atoms with Gasteiger partial charge in [0.25, 0.3) is 0 Å². The fraction of sp³-hybridized carbons (Fsp3) is 1.00. The van der Waals surface area contributed by atoms with Crippen molar-refractivity contribution in [2.24, 2.45) is 17.8 Å². The van der Waals surface area contributed by atoms with Gasteiger partial charge in [0.1, 0.15) is 0 Å². The molecule has 2 nitrogen and oxygen atoms in total. The van der Waals surface area contributed by atoms with Crippen LogP contribution in [0.5, 0.6) is 0 Å². The van der Waals surface area contributed by atoms with E-state index in [1.54, 1.807) is 0 Å². The molecular weight excluding hydrogens is 140 g/mol. The molecule has 0 spiro atoms. The molecule has 11 heavy (non-hydrogen) atoms. The molecule has 1 saturated carbocycles. The number of aliphatic hydroxyl groups is 2. The van der Waals surface area contributed by atoms with Gasteiger partial charge in [-0.2, -0.15) is 0 Å². The average Bonchev–Trinajstić information content (AvgIpc) is 2.30. The van der Waals surface area contributed by atoms with Gasteiger partial charge >= 0.3 is 0 Å². The molecule has 2 N–H and O–H groups in total. The van der Waals surface area contributed by atoms with E-state index in [-0.39, 0.29) is 12.7 Å². The van der Waals surface area contributed by atoms with Gasteiger partial charge in [0.15, 0.2) is 0 Å². The van der Waals surface area contributed by atoms with E-state index in [2.05, 4.69) is 13.8 Å². The molecule has 1 fully saturated rings. The lowest BCUT2D eigenvalue weighted by Crippen LogP contribution is -2.18. The molecule has 0 aliphatic heterocycles. The highest BCUT2D eigenvalue weighted by Crippen LogP contribution is 2.35. The summed E-state index contributed by atoms with van der Waals surface area (Å²) < 4.78 is 0. The van der Waals surface area contributed by atoms with Crippen molar-refractivity contribution in [3.05, 3.63) is 0 Å². The van der Waals surface area contributed by atoms with Gasteiger partial charge in [-0.1, -0.05) is 13.8 Å². The van der Waals surface area contributed by atoms with Crippen LogP contribution < -0.4 is 0 Å². The molecule has 0 aromatic rings. The van der Waals surface area contributed by atoms with Gasteiger partial charge < -0.3 is 10.2 Å². The fourth-order valence-electron chi connectivity index (χ4n) is 2.02. The normalized spacial score (nSPS) is 38.5. The summed E-state index contributed by atoms with van der Waals surface area (Å²) in [7, 11) is 0. The molecule has 0 aromatic carbocycles. The molecule has 2 heteroatoms. The van der Waals surface area contributed by atoms with Crippen molar-refractivity contribution in [2.75, 3.05) is 6.61 Å². The Kier molecular flexibility index (Phi) is 2.90. The monoisotopic (exact) mass is 158 g/mol. The van der Waals surface area contributed by atoms with E-state index < -0.39 is 0 Å². The largest absolute Gasteiger partial charge is 0.396 e. The van der Waals surface area contributed by atoms with Crippen LogP contribution in [0.2, 0.25) is 0 Å². The van der Waals surface area contributed by atoms with Crippen molar-refractivity contribution in [3.63, 3.8) is 0 Å². The van der Waals surface area contributed by atoms with Crippen LogP contribution in [0.4, 0.5) is 0 Å². The molecule has 3 atom stereocenters. The molecule has 0 saturated heterocycles. The SMILES string of the molecule is CC(C)[C@@H]1C[C@H](CO)C[C@H]1O. The fourth-order valence-corrected chi connectivity index (χ4v) is 2.02. The van der Waals surface area contributed by atoms with Crippen LogP contribution in [0.15, 0.2) is 0 Å². The van der Waals surface area contributed by atoms with E-state index in [1.807, 2.05) is 0 Å². The van der Waals surface area contributed by atoms with Gasteiger partial charge in [-0.05, 0) is 30.6 Å². The summed E-state index contributed by atoms with van der Waals surface area (Å²) >= 11 is 0. The topological polar surface area (TPSA) is 40.5 Å². The van der Waals surface area contributed by atoms with E-state index in [0.29, 0.717) is 17.8 Å². The predicted octanol–water partition coefficient (Wildman–Crippen LogP) is 1.02. The second kappa shape index (κ2) is 3.55. The Morgan fingerprint density at radius 3 is 2.27 bits per heavy atom. The van der Waals surface area contributed by atoms with Crippen molar-refractivity contribution in [1.29, 1.82) is 0 Å². The van der Waals surface area contributed by atoms with E-state index >= 15 is 0 Å². The van der Waals surface area contributed by atoms with Gasteiger partial charge in [0, 0.05) is 6.61 Å². The van der Waals surface area contributed by atoms with E-state index in [9.17, 15) is 5.11 Å². The first-order valence-corrected chi connectivity index (χ1v) is 4.44. The third-order valence-corrected chi connectivity index (χ3v) is 2.79. The lowest BCUT2D eigenvalue weighted by Gasteiger charge is -2.17. The molecule has 0 radical (unpaired) electrons. The molecule has 0 bridgehead atoms. The first kappa shape index (κ1) is 9.01. The number of aliphatic hydroxyl groups excluding tert-OH is 2. The number of hydrogen-bond donors (Lipinski definition) is 2. The Labute approximate surface area is 68.2 Å². The summed E-state index contributed by atoms with van der Waals surface area (Å²) in [5, 5.41) is 18.4. The smallest absolute Gasteiger partial charge is 0.0574 e. The Morgan fingerprint density at radius 2 is 2.00 bits per heavy atom. The van der Waals surface area contributed by atoms with Crippen molar-refractivity contribution in [2.45, 2.75) is 32.8 Å². The molecule has 1 aliphatic rings. The van der Waals surface area contributed by atoms with Gasteiger partial charge in [0.05, 0.1) is 6.10 Å². The summed E-state index contributed by atoms with van der Waals surface area (Å²) in [6, 6.07) is 0. The van der Waals surface area contributed by atoms with Crippen molar-refractivity contribution in [3.8, 4) is 0 Å². The first-order valence-electron chi connectivity index (χ1n) is 4.44. The molecule has 0 unspecified atom stereocenters. The first-order chi connectivity index (χ1) is 5.15. The van der Waals surface area contributed by atoms with Gasteiger partial charge in [-0.3, -0.25) is 0 Å². The average molecular weight is 158 g/mol. The standard InChI is InChI=1S/C9H18O2/c1-6(2)8-3-7(5-10)4-9(8)11/h6-11H,3-5H2,1-2H3/t7-,8-,9+/m0/s1. The van der Waals surface area contributed by atoms with Crippen LogP contribution in [0, 0.1) is 17.8 Å². The molecule has 1 rings (SSSR count). The third-order valence-electron chi connectivity index (χ3n) is 2.79. The van der Waals surface area contributed by atoms with Crippen molar-refractivity contribution in [1.82, 2.24) is 0 Å². The van der Waals surface area contributed by atoms with Crippen LogP contribution >= 0.6 is 0 Å². The molecule has 0 amide bonds. The minimum absolute atomic E-state index is 0.174. The zero-order valence-electron chi connectivity index (χ0n) is 7.33. The number of hydrogen-bond acceptors (Lipinski definition) is 2. The van der Waals surface area contributed by atoms with E-state index in [1.165, 1.54) is 0 Å². The summed E-state index contributed by atoms with van der Waals surface area (Å²) in [4.78, 5) is 0. The Morgan fingerprint density at radius 1 is 1.36 bits per heavy atom. The van der Waals surface area contributed by atoms with Gasteiger partial charge in [-0.15, -0.1) is 0 Å². The zero-order valence-corrected chi connectivity index (χ0v) is 7.33. The minimum Gasteiger partial charge on any atom is -0.396 e. The second-order valence-corrected chi connectivity index (χ2v) is 4.00. The second-order valence-electron chi connectivity index (χ2n) is 4.00. The Hall–Kier alpha value is -0.0800. The predicted molar refractivity (Wildman–Crippen MR) is 44.1 cm³/mol. The molecule has 0 heterocycles. The highest BCUT2D eigenvalue weighted by atomic mass is 16.3. The number of rotatable bonds is 2. The lowest BCUT2D eigenvalue weighted by molar-refractivity contribution is 0.106. The summed E-state index contributed by atoms with van der Waals surface area (Å²) in [5.41, 5.74) is 0. The maximum atomic E-state index is 9.55. The third kappa shape index (κ3) is 1.94. The molecule has 66 valence electrons. The quantitative estimate of drug-likeness (QED) is 0.630. The van der Waals surface area contributed by atoms with Crippen LogP contribution in [-0.2, 0) is 0 Å². The molecule has 0 aromatic heterocycles.